The number of hydrogen-bond acceptors (Lipinski definition) is 10. The largest absolute Gasteiger partial charge is 0.459 e. The van der Waals surface area contributed by atoms with Gasteiger partial charge in [-0.05, 0) is 83.0 Å². The van der Waals surface area contributed by atoms with Gasteiger partial charge in [-0.2, -0.15) is 0 Å². The molecule has 0 aromatic heterocycles. The second-order valence-corrected chi connectivity index (χ2v) is 17.8. The topological polar surface area (TPSA) is 155 Å². The summed E-state index contributed by atoms with van der Waals surface area (Å²) >= 11 is 0. The van der Waals surface area contributed by atoms with Gasteiger partial charge >= 0.3 is 5.97 Å². The monoisotopic (exact) mass is 793 g/mol. The summed E-state index contributed by atoms with van der Waals surface area (Å²) < 4.78 is 25.9. The van der Waals surface area contributed by atoms with Crippen molar-refractivity contribution in [1.29, 1.82) is 0 Å². The molecular weight excluding hydrogens is 712 g/mol. The summed E-state index contributed by atoms with van der Waals surface area (Å²) in [5, 5.41) is 54.6. The van der Waals surface area contributed by atoms with Crippen LogP contribution < -0.4 is 0 Å². The Morgan fingerprint density at radius 1 is 0.875 bits per heavy atom. The molecule has 56 heavy (non-hydrogen) atoms. The molecule has 3 heterocycles. The van der Waals surface area contributed by atoms with Gasteiger partial charge in [-0.1, -0.05) is 91.2 Å². The van der Waals surface area contributed by atoms with Crippen LogP contribution in [0, 0.1) is 35.5 Å². The average Bonchev–Trinajstić information content (AvgIpc) is 3.16. The fourth-order valence-corrected chi connectivity index (χ4v) is 8.94. The highest BCUT2D eigenvalue weighted by atomic mass is 16.7. The Labute approximate surface area is 339 Å². The zero-order valence-electron chi connectivity index (χ0n) is 36.0. The highest BCUT2D eigenvalue weighted by Crippen LogP contribution is 2.47. The molecule has 1 spiro atoms. The van der Waals surface area contributed by atoms with Gasteiger partial charge < -0.3 is 44.5 Å². The van der Waals surface area contributed by atoms with Gasteiger partial charge in [-0.3, -0.25) is 0 Å². The normalized spacial score (nSPS) is 42.7. The van der Waals surface area contributed by atoms with Crippen molar-refractivity contribution in [3.05, 3.63) is 36.5 Å². The van der Waals surface area contributed by atoms with E-state index in [2.05, 4.69) is 32.9 Å². The van der Waals surface area contributed by atoms with Gasteiger partial charge in [0, 0.05) is 49.7 Å². The van der Waals surface area contributed by atoms with Crippen LogP contribution in [0.3, 0.4) is 0 Å². The van der Waals surface area contributed by atoms with Crippen LogP contribution in [0.1, 0.15) is 145 Å². The minimum Gasteiger partial charge on any atom is -0.459 e. The van der Waals surface area contributed by atoms with Crippen molar-refractivity contribution >= 4 is 5.97 Å². The minimum atomic E-state index is -0.953. The highest BCUT2D eigenvalue weighted by molar-refractivity contribution is 5.82. The molecule has 0 aliphatic carbocycles. The number of carbonyl (C=O) groups is 1. The van der Waals surface area contributed by atoms with Gasteiger partial charge in [0.15, 0.2) is 5.79 Å². The molecule has 3 rings (SSSR count). The SMILES string of the molecule is CCCCC[C@H]1[C@@H]2C[C@@]3(CC[C@H](C)[C@H](C[C@@H](C)O)O3)O[C@H]1CC[C@@H](CC)/C=C\C=C/CC[C@@H](O)[C@@H](C)[C@@H](O)C[C@@H](OC)C[C@@H](O)[C@H](C)[C@H](O)[C@@H](C)/C=C\C(=O)O2. The van der Waals surface area contributed by atoms with E-state index in [0.717, 1.165) is 51.4 Å². The maximum absolute atomic E-state index is 13.7. The Bertz CT molecular complexity index is 1200. The van der Waals surface area contributed by atoms with Crippen molar-refractivity contribution in [1.82, 2.24) is 0 Å². The van der Waals surface area contributed by atoms with Crippen molar-refractivity contribution in [2.24, 2.45) is 35.5 Å². The lowest BCUT2D eigenvalue weighted by Gasteiger charge is -2.52. The molecule has 0 aromatic rings. The molecule has 10 nitrogen and oxygen atoms in total. The third kappa shape index (κ3) is 15.2. The van der Waals surface area contributed by atoms with Crippen LogP contribution in [0.4, 0.5) is 0 Å². The summed E-state index contributed by atoms with van der Waals surface area (Å²) in [5.41, 5.74) is 0. The zero-order valence-corrected chi connectivity index (χ0v) is 36.0. The number of aliphatic hydroxyl groups is 5. The van der Waals surface area contributed by atoms with Crippen LogP contribution in [0.25, 0.3) is 0 Å². The lowest BCUT2D eigenvalue weighted by Crippen LogP contribution is -2.58. The number of ether oxygens (including phenoxy) is 4. The number of aliphatic hydroxyl groups excluding tert-OH is 5. The molecule has 0 aromatic carbocycles. The fraction of sp³-hybridized carbons (Fsp3) is 0.848. The molecule has 324 valence electrons. The number of carbonyl (C=O) groups excluding carboxylic acids is 1. The molecule has 2 bridgehead atoms. The summed E-state index contributed by atoms with van der Waals surface area (Å²) in [5.74, 6) is -2.21. The molecule has 10 heteroatoms. The van der Waals surface area contributed by atoms with E-state index in [1.54, 1.807) is 19.9 Å². The number of allylic oxidation sites excluding steroid dienone is 4. The molecule has 3 aliphatic rings. The summed E-state index contributed by atoms with van der Waals surface area (Å²) in [4.78, 5) is 13.7. The van der Waals surface area contributed by atoms with Crippen LogP contribution >= 0.6 is 0 Å². The Morgan fingerprint density at radius 2 is 1.59 bits per heavy atom. The Balaban J connectivity index is 1.96. The standard InChI is InChI=1S/C46H80O10/c1-9-11-14-18-37-41-22-21-35(10-2)17-15-12-13-16-19-38(48)33(6)39(49)27-36(53-8)28-40(50)34(7)45(52)31(4)20-23-44(51)54-43(37)29-46(55-41)25-24-30(3)42(56-46)26-32(5)47/h12-13,15,17,20,23,30-43,45,47-50,52H,9-11,14,16,18-19,21-22,24-29H2,1-8H3/b13-12-,17-15-,23-20-/t30-,31-,32+,33+,34-,35-,36+,37+,38+,39-,40+,41-,42-,43-,45+,46-/m0/s1. The van der Waals surface area contributed by atoms with Crippen molar-refractivity contribution < 1.29 is 49.3 Å². The molecular formula is C46H80O10. The zero-order chi connectivity index (χ0) is 41.4. The second kappa shape index (κ2) is 24.5. The van der Waals surface area contributed by atoms with E-state index >= 15 is 0 Å². The smallest absolute Gasteiger partial charge is 0.330 e. The van der Waals surface area contributed by atoms with E-state index in [-0.39, 0.29) is 42.8 Å². The number of unbranched alkanes of at least 4 members (excludes halogenated alkanes) is 2. The quantitative estimate of drug-likeness (QED) is 0.123. The van der Waals surface area contributed by atoms with E-state index in [9.17, 15) is 30.3 Å². The number of hydrogen-bond donors (Lipinski definition) is 5. The first-order chi connectivity index (χ1) is 26.6. The predicted molar refractivity (Wildman–Crippen MR) is 221 cm³/mol. The summed E-state index contributed by atoms with van der Waals surface area (Å²) in [6.07, 6.45) is 17.1. The Kier molecular flexibility index (Phi) is 21.3. The maximum Gasteiger partial charge on any atom is 0.330 e. The summed E-state index contributed by atoms with van der Waals surface area (Å²) in [6.45, 7) is 13.7. The van der Waals surface area contributed by atoms with Crippen LogP contribution in [0.5, 0.6) is 0 Å². The first kappa shape index (κ1) is 48.7. The third-order valence-corrected chi connectivity index (χ3v) is 13.2. The molecule has 2 saturated heterocycles. The van der Waals surface area contributed by atoms with Gasteiger partial charge in [0.05, 0.1) is 48.8 Å². The molecule has 0 unspecified atom stereocenters. The van der Waals surface area contributed by atoms with E-state index in [4.69, 9.17) is 18.9 Å². The number of rotatable bonds is 8. The van der Waals surface area contributed by atoms with Gasteiger partial charge in [0.1, 0.15) is 6.10 Å². The lowest BCUT2D eigenvalue weighted by atomic mass is 9.77. The molecule has 2 fully saturated rings. The van der Waals surface area contributed by atoms with Gasteiger partial charge in [-0.15, -0.1) is 0 Å². The fourth-order valence-electron chi connectivity index (χ4n) is 8.94. The van der Waals surface area contributed by atoms with E-state index in [1.807, 2.05) is 26.0 Å². The second-order valence-electron chi connectivity index (χ2n) is 17.8. The van der Waals surface area contributed by atoms with Crippen molar-refractivity contribution in [2.75, 3.05) is 7.11 Å². The van der Waals surface area contributed by atoms with Gasteiger partial charge in [-0.25, -0.2) is 4.79 Å². The molecule has 3 aliphatic heterocycles. The minimum absolute atomic E-state index is 0.0121. The molecule has 0 saturated carbocycles. The van der Waals surface area contributed by atoms with Crippen LogP contribution in [-0.2, 0) is 23.7 Å². The van der Waals surface area contributed by atoms with E-state index in [1.165, 1.54) is 13.2 Å². The molecule has 0 amide bonds. The van der Waals surface area contributed by atoms with Crippen LogP contribution in [0.2, 0.25) is 0 Å². The number of fused-ring (bicyclic) bond motifs is 2. The van der Waals surface area contributed by atoms with Gasteiger partial charge in [0.2, 0.25) is 0 Å². The van der Waals surface area contributed by atoms with Crippen molar-refractivity contribution in [3.63, 3.8) is 0 Å². The highest BCUT2D eigenvalue weighted by Gasteiger charge is 2.52. The van der Waals surface area contributed by atoms with Crippen molar-refractivity contribution in [3.8, 4) is 0 Å². The first-order valence-corrected chi connectivity index (χ1v) is 22.1. The number of methoxy groups -OCH3 is 1. The first-order valence-electron chi connectivity index (χ1n) is 22.1. The maximum atomic E-state index is 13.7. The van der Waals surface area contributed by atoms with E-state index < -0.39 is 66.3 Å². The molecule has 0 radical (unpaired) electrons. The summed E-state index contributed by atoms with van der Waals surface area (Å²) in [6, 6.07) is 0. The lowest BCUT2D eigenvalue weighted by molar-refractivity contribution is -0.349. The van der Waals surface area contributed by atoms with Crippen molar-refractivity contribution in [2.45, 2.75) is 206 Å². The molecule has 16 atom stereocenters. The molecule has 5 N–H and O–H groups in total. The Hall–Kier alpha value is -1.63. The summed E-state index contributed by atoms with van der Waals surface area (Å²) in [7, 11) is 1.54. The van der Waals surface area contributed by atoms with Gasteiger partial charge in [0.25, 0.3) is 0 Å². The average molecular weight is 793 g/mol. The van der Waals surface area contributed by atoms with E-state index in [0.29, 0.717) is 38.0 Å². The van der Waals surface area contributed by atoms with Crippen LogP contribution in [0.15, 0.2) is 36.5 Å². The Morgan fingerprint density at radius 3 is 2.25 bits per heavy atom. The number of esters is 1. The van der Waals surface area contributed by atoms with Crippen LogP contribution in [-0.4, -0.2) is 99.3 Å². The third-order valence-electron chi connectivity index (χ3n) is 13.2. The predicted octanol–water partition coefficient (Wildman–Crippen LogP) is 7.58.